The number of rotatable bonds is 3. The van der Waals surface area contributed by atoms with E-state index < -0.39 is 5.92 Å². The first-order valence-corrected chi connectivity index (χ1v) is 4.73. The molecule has 0 aliphatic carbocycles. The zero-order chi connectivity index (χ0) is 11.3. The van der Waals surface area contributed by atoms with Gasteiger partial charge in [-0.2, -0.15) is 5.26 Å². The lowest BCUT2D eigenvalue weighted by atomic mass is 10.2. The molecule has 1 aromatic rings. The molecule has 0 aliphatic heterocycles. The predicted octanol–water partition coefficient (Wildman–Crippen LogP) is 1.17. The number of carbonyl (C=O) groups excluding carboxylic acids is 1. The van der Waals surface area contributed by atoms with Crippen LogP contribution < -0.4 is 5.32 Å². The zero-order valence-corrected chi connectivity index (χ0v) is 8.82. The Labute approximate surface area is 88.9 Å². The van der Waals surface area contributed by atoms with Gasteiger partial charge >= 0.3 is 0 Å². The van der Waals surface area contributed by atoms with Crippen molar-refractivity contribution in [1.29, 1.82) is 5.26 Å². The first kappa shape index (κ1) is 11.2. The number of hydrogen-bond donors (Lipinski definition) is 1. The Kier molecular flexibility index (Phi) is 3.81. The van der Waals surface area contributed by atoms with Crippen molar-refractivity contribution in [2.45, 2.75) is 20.4 Å². The van der Waals surface area contributed by atoms with Gasteiger partial charge in [0.1, 0.15) is 5.92 Å². The van der Waals surface area contributed by atoms with Gasteiger partial charge in [0, 0.05) is 6.20 Å². The van der Waals surface area contributed by atoms with E-state index in [1.807, 2.05) is 25.1 Å². The quantitative estimate of drug-likeness (QED) is 0.801. The number of aromatic nitrogens is 1. The molecule has 0 spiro atoms. The van der Waals surface area contributed by atoms with Gasteiger partial charge in [0.2, 0.25) is 5.91 Å². The van der Waals surface area contributed by atoms with Crippen LogP contribution in [0.15, 0.2) is 18.3 Å². The van der Waals surface area contributed by atoms with Crippen LogP contribution in [0.4, 0.5) is 0 Å². The second-order valence-corrected chi connectivity index (χ2v) is 3.34. The van der Waals surface area contributed by atoms with E-state index in [-0.39, 0.29) is 5.91 Å². The summed E-state index contributed by atoms with van der Waals surface area (Å²) in [6, 6.07) is 5.66. The van der Waals surface area contributed by atoms with Gasteiger partial charge in [-0.3, -0.25) is 9.78 Å². The molecule has 1 aromatic heterocycles. The van der Waals surface area contributed by atoms with Crippen molar-refractivity contribution in [3.63, 3.8) is 0 Å². The minimum atomic E-state index is -0.617. The molecule has 1 unspecified atom stereocenters. The number of hydrogen-bond acceptors (Lipinski definition) is 3. The largest absolute Gasteiger partial charge is 0.349 e. The summed E-state index contributed by atoms with van der Waals surface area (Å²) in [5.41, 5.74) is 1.86. The monoisotopic (exact) mass is 203 g/mol. The summed E-state index contributed by atoms with van der Waals surface area (Å²) < 4.78 is 0. The number of nitrogens with one attached hydrogen (secondary N) is 1. The second-order valence-electron chi connectivity index (χ2n) is 3.34. The molecule has 1 atom stereocenters. The normalized spacial score (nSPS) is 11.5. The summed E-state index contributed by atoms with van der Waals surface area (Å²) in [6.45, 7) is 3.88. The highest BCUT2D eigenvalue weighted by Crippen LogP contribution is 2.02. The smallest absolute Gasteiger partial charge is 0.237 e. The van der Waals surface area contributed by atoms with Crippen molar-refractivity contribution in [3.05, 3.63) is 29.6 Å². The minimum absolute atomic E-state index is 0.262. The molecule has 4 heteroatoms. The molecule has 15 heavy (non-hydrogen) atoms. The zero-order valence-electron chi connectivity index (χ0n) is 8.82. The van der Waals surface area contributed by atoms with Crippen LogP contribution in [0.2, 0.25) is 0 Å². The molecule has 1 N–H and O–H groups in total. The lowest BCUT2D eigenvalue weighted by Crippen LogP contribution is -2.28. The number of amides is 1. The maximum atomic E-state index is 11.3. The lowest BCUT2D eigenvalue weighted by molar-refractivity contribution is -0.123. The summed E-state index contributed by atoms with van der Waals surface area (Å²) in [6.07, 6.45) is 1.68. The average molecular weight is 203 g/mol. The summed E-state index contributed by atoms with van der Waals surface area (Å²) in [5.74, 6) is -0.878. The van der Waals surface area contributed by atoms with E-state index in [0.717, 1.165) is 11.3 Å². The summed E-state index contributed by atoms with van der Waals surface area (Å²) in [4.78, 5) is 15.4. The maximum Gasteiger partial charge on any atom is 0.237 e. The summed E-state index contributed by atoms with van der Waals surface area (Å²) in [5, 5.41) is 11.2. The molecule has 4 nitrogen and oxygen atoms in total. The standard InChI is InChI=1S/C11H13N3O/c1-8-4-3-5-13-10(8)7-14-11(15)9(2)6-12/h3-5,9H,7H2,1-2H3,(H,14,15). The van der Waals surface area contributed by atoms with Crippen LogP contribution in [-0.2, 0) is 11.3 Å². The summed E-state index contributed by atoms with van der Waals surface area (Å²) in [7, 11) is 0. The third-order valence-corrected chi connectivity index (χ3v) is 2.13. The van der Waals surface area contributed by atoms with Crippen molar-refractivity contribution >= 4 is 5.91 Å². The molecule has 0 saturated heterocycles. The van der Waals surface area contributed by atoms with E-state index in [0.29, 0.717) is 6.54 Å². The van der Waals surface area contributed by atoms with Crippen molar-refractivity contribution in [2.24, 2.45) is 5.92 Å². The third kappa shape index (κ3) is 3.06. The number of carbonyl (C=O) groups is 1. The Hall–Kier alpha value is -1.89. The Morgan fingerprint density at radius 1 is 1.73 bits per heavy atom. The van der Waals surface area contributed by atoms with Gasteiger partial charge in [0.15, 0.2) is 0 Å². The number of nitriles is 1. The van der Waals surface area contributed by atoms with Gasteiger partial charge in [-0.1, -0.05) is 6.07 Å². The minimum Gasteiger partial charge on any atom is -0.349 e. The van der Waals surface area contributed by atoms with Crippen LogP contribution in [0.3, 0.4) is 0 Å². The Bertz CT molecular complexity index is 395. The fraction of sp³-hybridized carbons (Fsp3) is 0.364. The van der Waals surface area contributed by atoms with Crippen LogP contribution in [0, 0.1) is 24.2 Å². The molecule has 0 aliphatic rings. The van der Waals surface area contributed by atoms with E-state index in [2.05, 4.69) is 10.3 Å². The van der Waals surface area contributed by atoms with Gasteiger partial charge in [-0.15, -0.1) is 0 Å². The van der Waals surface area contributed by atoms with Crippen molar-refractivity contribution in [1.82, 2.24) is 10.3 Å². The fourth-order valence-electron chi connectivity index (χ4n) is 1.09. The van der Waals surface area contributed by atoms with E-state index in [9.17, 15) is 4.79 Å². The van der Waals surface area contributed by atoms with Crippen LogP contribution in [0.1, 0.15) is 18.2 Å². The molecule has 0 fully saturated rings. The molecule has 0 bridgehead atoms. The maximum absolute atomic E-state index is 11.3. The molecule has 1 amide bonds. The van der Waals surface area contributed by atoms with Gasteiger partial charge in [0.25, 0.3) is 0 Å². The molecule has 0 radical (unpaired) electrons. The Morgan fingerprint density at radius 2 is 2.47 bits per heavy atom. The highest BCUT2D eigenvalue weighted by atomic mass is 16.1. The van der Waals surface area contributed by atoms with E-state index >= 15 is 0 Å². The topological polar surface area (TPSA) is 65.8 Å². The third-order valence-electron chi connectivity index (χ3n) is 2.13. The van der Waals surface area contributed by atoms with Crippen LogP contribution in [0.5, 0.6) is 0 Å². The first-order valence-electron chi connectivity index (χ1n) is 4.73. The molecular formula is C11H13N3O. The van der Waals surface area contributed by atoms with E-state index in [1.165, 1.54) is 0 Å². The van der Waals surface area contributed by atoms with Crippen molar-refractivity contribution in [3.8, 4) is 6.07 Å². The van der Waals surface area contributed by atoms with E-state index in [1.54, 1.807) is 13.1 Å². The molecular weight excluding hydrogens is 190 g/mol. The van der Waals surface area contributed by atoms with Crippen LogP contribution in [0.25, 0.3) is 0 Å². The number of aryl methyl sites for hydroxylation is 1. The highest BCUT2D eigenvalue weighted by Gasteiger charge is 2.11. The van der Waals surface area contributed by atoms with Crippen molar-refractivity contribution < 1.29 is 4.79 Å². The lowest BCUT2D eigenvalue weighted by Gasteiger charge is -2.07. The molecule has 0 aromatic carbocycles. The molecule has 0 saturated carbocycles. The van der Waals surface area contributed by atoms with Gasteiger partial charge < -0.3 is 5.32 Å². The Morgan fingerprint density at radius 3 is 3.07 bits per heavy atom. The number of pyridine rings is 1. The van der Waals surface area contributed by atoms with Gasteiger partial charge in [-0.05, 0) is 25.5 Å². The summed E-state index contributed by atoms with van der Waals surface area (Å²) >= 11 is 0. The predicted molar refractivity (Wildman–Crippen MR) is 55.6 cm³/mol. The highest BCUT2D eigenvalue weighted by molar-refractivity contribution is 5.80. The second kappa shape index (κ2) is 5.11. The molecule has 1 heterocycles. The van der Waals surface area contributed by atoms with Crippen molar-refractivity contribution in [2.75, 3.05) is 0 Å². The Balaban J connectivity index is 2.55. The molecule has 78 valence electrons. The van der Waals surface area contributed by atoms with Crippen LogP contribution in [-0.4, -0.2) is 10.9 Å². The van der Waals surface area contributed by atoms with Gasteiger partial charge in [-0.25, -0.2) is 0 Å². The average Bonchev–Trinajstić information content (AvgIpc) is 2.26. The first-order chi connectivity index (χ1) is 7.15. The number of nitrogens with zero attached hydrogens (tertiary/aromatic N) is 2. The fourth-order valence-corrected chi connectivity index (χ4v) is 1.09. The van der Waals surface area contributed by atoms with Gasteiger partial charge in [0.05, 0.1) is 18.3 Å². The SMILES string of the molecule is Cc1cccnc1CNC(=O)C(C)C#N. The van der Waals surface area contributed by atoms with E-state index in [4.69, 9.17) is 5.26 Å². The molecule has 1 rings (SSSR count). The van der Waals surface area contributed by atoms with Crippen LogP contribution >= 0.6 is 0 Å².